The SMILES string of the molecule is CCc1ccc(N[C@H]2NC(=O)/C(=C/c3ccc(-c4ccccc4C(=O)O)o3)S2)cc1. The van der Waals surface area contributed by atoms with Crippen LogP contribution in [0.15, 0.2) is 70.0 Å². The molecule has 152 valence electrons. The lowest BCUT2D eigenvalue weighted by Crippen LogP contribution is -2.30. The Balaban J connectivity index is 1.49. The van der Waals surface area contributed by atoms with Crippen LogP contribution in [0.1, 0.15) is 28.6 Å². The number of carboxylic acids is 1. The third-order valence-corrected chi connectivity index (χ3v) is 5.74. The van der Waals surface area contributed by atoms with Crippen LogP contribution in [-0.4, -0.2) is 22.5 Å². The number of carboxylic acid groups (broad SMARTS) is 1. The second-order valence-corrected chi connectivity index (χ2v) is 7.87. The van der Waals surface area contributed by atoms with Crippen LogP contribution in [0.25, 0.3) is 17.4 Å². The highest BCUT2D eigenvalue weighted by molar-refractivity contribution is 8.05. The van der Waals surface area contributed by atoms with Gasteiger partial charge >= 0.3 is 5.97 Å². The van der Waals surface area contributed by atoms with Crippen molar-refractivity contribution in [2.24, 2.45) is 0 Å². The van der Waals surface area contributed by atoms with Crippen LogP contribution in [0, 0.1) is 0 Å². The molecular weight excluding hydrogens is 400 g/mol. The fourth-order valence-electron chi connectivity index (χ4n) is 3.14. The minimum absolute atomic E-state index is 0.164. The predicted octanol–water partition coefficient (Wildman–Crippen LogP) is 4.81. The summed E-state index contributed by atoms with van der Waals surface area (Å²) in [5, 5.41) is 15.5. The van der Waals surface area contributed by atoms with E-state index in [2.05, 4.69) is 29.7 Å². The number of rotatable bonds is 6. The lowest BCUT2D eigenvalue weighted by molar-refractivity contribution is -0.116. The van der Waals surface area contributed by atoms with E-state index >= 15 is 0 Å². The van der Waals surface area contributed by atoms with E-state index in [9.17, 15) is 14.7 Å². The van der Waals surface area contributed by atoms with E-state index in [1.54, 1.807) is 36.4 Å². The first-order valence-electron chi connectivity index (χ1n) is 9.50. The molecule has 1 fully saturated rings. The molecule has 0 radical (unpaired) electrons. The second-order valence-electron chi connectivity index (χ2n) is 6.73. The second kappa shape index (κ2) is 8.51. The summed E-state index contributed by atoms with van der Waals surface area (Å²) in [5.74, 6) is -0.287. The summed E-state index contributed by atoms with van der Waals surface area (Å²) < 4.78 is 5.80. The van der Waals surface area contributed by atoms with Crippen LogP contribution in [-0.2, 0) is 11.2 Å². The van der Waals surface area contributed by atoms with E-state index in [1.165, 1.54) is 23.4 Å². The maximum Gasteiger partial charge on any atom is 0.336 e. The van der Waals surface area contributed by atoms with Gasteiger partial charge < -0.3 is 20.2 Å². The molecule has 1 saturated heterocycles. The Hall–Kier alpha value is -3.45. The van der Waals surface area contributed by atoms with Gasteiger partial charge in [-0.3, -0.25) is 4.79 Å². The number of furan rings is 1. The van der Waals surface area contributed by atoms with Crippen LogP contribution in [0.4, 0.5) is 5.69 Å². The highest BCUT2D eigenvalue weighted by Crippen LogP contribution is 2.32. The molecule has 1 atom stereocenters. The van der Waals surface area contributed by atoms with Gasteiger partial charge in [-0.05, 0) is 42.3 Å². The molecule has 30 heavy (non-hydrogen) atoms. The third kappa shape index (κ3) is 4.26. The van der Waals surface area contributed by atoms with Crippen molar-refractivity contribution in [3.05, 3.63) is 82.5 Å². The fraction of sp³-hybridized carbons (Fsp3) is 0.130. The zero-order valence-corrected chi connectivity index (χ0v) is 17.0. The Morgan fingerprint density at radius 3 is 2.67 bits per heavy atom. The first kappa shape index (κ1) is 19.8. The summed E-state index contributed by atoms with van der Waals surface area (Å²) in [7, 11) is 0. The molecule has 1 aliphatic rings. The molecular formula is C23H20N2O4S. The minimum atomic E-state index is -1.02. The van der Waals surface area contributed by atoms with Crippen molar-refractivity contribution in [3.8, 4) is 11.3 Å². The van der Waals surface area contributed by atoms with E-state index < -0.39 is 5.97 Å². The van der Waals surface area contributed by atoms with Gasteiger partial charge in [0.25, 0.3) is 5.91 Å². The third-order valence-electron chi connectivity index (χ3n) is 4.71. The molecule has 2 heterocycles. The molecule has 1 amide bonds. The van der Waals surface area contributed by atoms with Gasteiger partial charge in [0.1, 0.15) is 11.5 Å². The summed E-state index contributed by atoms with van der Waals surface area (Å²) in [4.78, 5) is 24.3. The smallest absolute Gasteiger partial charge is 0.336 e. The number of carbonyl (C=O) groups excluding carboxylic acids is 1. The van der Waals surface area contributed by atoms with Gasteiger partial charge in [0.2, 0.25) is 0 Å². The standard InChI is InChI=1S/C23H20N2O4S/c1-2-14-7-9-15(10-8-14)24-23-25-21(26)20(30-23)13-16-11-12-19(29-16)17-5-3-4-6-18(17)22(27)28/h3-13,23-24H,2H2,1H3,(H,25,26)(H,27,28)/b20-13-/t23-/m0/s1. The largest absolute Gasteiger partial charge is 0.478 e. The summed E-state index contributed by atoms with van der Waals surface area (Å²) in [6.07, 6.45) is 2.64. The molecule has 0 saturated carbocycles. The normalized spacial score (nSPS) is 17.2. The van der Waals surface area contributed by atoms with Gasteiger partial charge in [-0.1, -0.05) is 49.0 Å². The van der Waals surface area contributed by atoms with Crippen molar-refractivity contribution >= 4 is 35.4 Å². The van der Waals surface area contributed by atoms with Crippen molar-refractivity contribution in [2.75, 3.05) is 5.32 Å². The first-order valence-corrected chi connectivity index (χ1v) is 10.4. The molecule has 0 spiro atoms. The number of nitrogens with one attached hydrogen (secondary N) is 2. The lowest BCUT2D eigenvalue weighted by atomic mass is 10.1. The Bertz CT molecular complexity index is 1120. The van der Waals surface area contributed by atoms with E-state index in [0.717, 1.165) is 12.1 Å². The van der Waals surface area contributed by atoms with Crippen molar-refractivity contribution in [1.29, 1.82) is 0 Å². The van der Waals surface area contributed by atoms with Crippen molar-refractivity contribution in [3.63, 3.8) is 0 Å². The van der Waals surface area contributed by atoms with Crippen LogP contribution in [0.5, 0.6) is 0 Å². The molecule has 1 aliphatic heterocycles. The fourth-order valence-corrected chi connectivity index (χ4v) is 4.11. The molecule has 7 heteroatoms. The number of anilines is 1. The maximum atomic E-state index is 12.3. The number of aryl methyl sites for hydroxylation is 1. The quantitative estimate of drug-likeness (QED) is 0.496. The van der Waals surface area contributed by atoms with Gasteiger partial charge in [-0.15, -0.1) is 0 Å². The summed E-state index contributed by atoms with van der Waals surface area (Å²) >= 11 is 1.37. The Morgan fingerprint density at radius 2 is 1.93 bits per heavy atom. The van der Waals surface area contributed by atoms with Gasteiger partial charge in [0.05, 0.1) is 10.5 Å². The number of aromatic carboxylic acids is 1. The Kier molecular flexibility index (Phi) is 5.63. The van der Waals surface area contributed by atoms with E-state index in [-0.39, 0.29) is 17.0 Å². The highest BCUT2D eigenvalue weighted by Gasteiger charge is 2.27. The summed E-state index contributed by atoms with van der Waals surface area (Å²) in [6, 6.07) is 18.2. The van der Waals surface area contributed by atoms with Crippen LogP contribution >= 0.6 is 11.8 Å². The van der Waals surface area contributed by atoms with Gasteiger partial charge in [-0.25, -0.2) is 4.79 Å². The Labute approximate surface area is 178 Å². The van der Waals surface area contributed by atoms with Gasteiger partial charge in [0.15, 0.2) is 5.50 Å². The van der Waals surface area contributed by atoms with E-state index in [0.29, 0.717) is 22.0 Å². The number of hydrogen-bond acceptors (Lipinski definition) is 5. The van der Waals surface area contributed by atoms with Crippen LogP contribution in [0.3, 0.4) is 0 Å². The number of thioether (sulfide) groups is 1. The van der Waals surface area contributed by atoms with Crippen molar-refractivity contribution < 1.29 is 19.1 Å². The molecule has 3 aromatic rings. The minimum Gasteiger partial charge on any atom is -0.478 e. The average Bonchev–Trinajstić information content (AvgIpc) is 3.35. The Morgan fingerprint density at radius 1 is 1.17 bits per heavy atom. The summed E-state index contributed by atoms with van der Waals surface area (Å²) in [6.45, 7) is 2.10. The number of benzene rings is 2. The van der Waals surface area contributed by atoms with E-state index in [1.807, 2.05) is 12.1 Å². The summed E-state index contributed by atoms with van der Waals surface area (Å²) in [5.41, 5.74) is 2.56. The molecule has 6 nitrogen and oxygen atoms in total. The molecule has 3 N–H and O–H groups in total. The molecule has 2 aromatic carbocycles. The zero-order chi connectivity index (χ0) is 21.1. The number of hydrogen-bond donors (Lipinski definition) is 3. The highest BCUT2D eigenvalue weighted by atomic mass is 32.2. The monoisotopic (exact) mass is 420 g/mol. The first-order chi connectivity index (χ1) is 14.5. The lowest BCUT2D eigenvalue weighted by Gasteiger charge is -2.12. The van der Waals surface area contributed by atoms with Gasteiger partial charge in [0, 0.05) is 17.3 Å². The van der Waals surface area contributed by atoms with Gasteiger partial charge in [-0.2, -0.15) is 0 Å². The topological polar surface area (TPSA) is 91.6 Å². The average molecular weight is 420 g/mol. The maximum absolute atomic E-state index is 12.3. The van der Waals surface area contributed by atoms with E-state index in [4.69, 9.17) is 4.42 Å². The molecule has 1 aromatic heterocycles. The number of carbonyl (C=O) groups is 2. The van der Waals surface area contributed by atoms with Crippen molar-refractivity contribution in [1.82, 2.24) is 5.32 Å². The molecule has 0 unspecified atom stereocenters. The molecule has 0 aliphatic carbocycles. The molecule has 0 bridgehead atoms. The molecule has 4 rings (SSSR count). The zero-order valence-electron chi connectivity index (χ0n) is 16.2. The van der Waals surface area contributed by atoms with Crippen LogP contribution in [0.2, 0.25) is 0 Å². The predicted molar refractivity (Wildman–Crippen MR) is 118 cm³/mol. The number of amides is 1. The van der Waals surface area contributed by atoms with Crippen LogP contribution < -0.4 is 10.6 Å². The van der Waals surface area contributed by atoms with Crippen molar-refractivity contribution in [2.45, 2.75) is 18.8 Å².